The van der Waals surface area contributed by atoms with Crippen molar-refractivity contribution in [2.45, 2.75) is 12.6 Å². The summed E-state index contributed by atoms with van der Waals surface area (Å²) in [6.45, 7) is 1.35. The van der Waals surface area contributed by atoms with Crippen LogP contribution in [0.1, 0.15) is 17.2 Å². The Morgan fingerprint density at radius 1 is 0.875 bits per heavy atom. The molecule has 0 fully saturated rings. The van der Waals surface area contributed by atoms with Crippen LogP contribution >= 0.6 is 0 Å². The van der Waals surface area contributed by atoms with Gasteiger partial charge in [0.1, 0.15) is 5.82 Å². The van der Waals surface area contributed by atoms with E-state index in [1.165, 1.54) is 11.6 Å². The van der Waals surface area contributed by atoms with Gasteiger partial charge in [-0.15, -0.1) is 0 Å². The van der Waals surface area contributed by atoms with Crippen LogP contribution in [0, 0.1) is 5.82 Å². The molecule has 0 aliphatic carbocycles. The predicted octanol–water partition coefficient (Wildman–Crippen LogP) is 5.00. The van der Waals surface area contributed by atoms with Crippen LogP contribution in [0.4, 0.5) is 15.8 Å². The fourth-order valence-electron chi connectivity index (χ4n) is 3.34. The molecule has 0 saturated carbocycles. The Bertz CT molecular complexity index is 832. The summed E-state index contributed by atoms with van der Waals surface area (Å²) in [6, 6.07) is 25.8. The van der Waals surface area contributed by atoms with Crippen LogP contribution in [0.2, 0.25) is 0 Å². The van der Waals surface area contributed by atoms with Gasteiger partial charge in [0, 0.05) is 18.7 Å². The summed E-state index contributed by atoms with van der Waals surface area (Å²) in [5.41, 5.74) is 4.16. The molecule has 1 N–H and O–H groups in total. The summed E-state index contributed by atoms with van der Waals surface area (Å²) in [5.74, 6) is -0.152. The van der Waals surface area contributed by atoms with Gasteiger partial charge in [0.25, 0.3) is 0 Å². The van der Waals surface area contributed by atoms with E-state index < -0.39 is 0 Å². The molecule has 0 spiro atoms. The molecule has 0 radical (unpaired) electrons. The van der Waals surface area contributed by atoms with Crippen LogP contribution in [0.5, 0.6) is 0 Å². The van der Waals surface area contributed by atoms with Gasteiger partial charge in [-0.1, -0.05) is 60.7 Å². The maximum Gasteiger partial charge on any atom is 0.128 e. The second kappa shape index (κ2) is 6.36. The van der Waals surface area contributed by atoms with Crippen molar-refractivity contribution in [1.82, 2.24) is 0 Å². The second-order valence-electron chi connectivity index (χ2n) is 6.04. The second-order valence-corrected chi connectivity index (χ2v) is 6.04. The Morgan fingerprint density at radius 3 is 2.42 bits per heavy atom. The lowest BCUT2D eigenvalue weighted by Crippen LogP contribution is -2.37. The number of fused-ring (bicyclic) bond motifs is 1. The highest BCUT2D eigenvalue weighted by molar-refractivity contribution is 5.73. The smallest absolute Gasteiger partial charge is 0.128 e. The van der Waals surface area contributed by atoms with Crippen molar-refractivity contribution in [2.24, 2.45) is 0 Å². The summed E-state index contributed by atoms with van der Waals surface area (Å²) >= 11 is 0. The molecule has 0 saturated heterocycles. The number of benzene rings is 3. The molecule has 1 aliphatic rings. The molecule has 120 valence electrons. The molecule has 3 heteroatoms. The summed E-state index contributed by atoms with van der Waals surface area (Å²) in [7, 11) is 0. The molecular formula is C21H19FN2. The third-order valence-corrected chi connectivity index (χ3v) is 4.56. The van der Waals surface area contributed by atoms with Crippen molar-refractivity contribution in [3.63, 3.8) is 0 Å². The largest absolute Gasteiger partial charge is 0.381 e. The lowest BCUT2D eigenvalue weighted by Gasteiger charge is -2.40. The van der Waals surface area contributed by atoms with Crippen LogP contribution in [0.25, 0.3) is 0 Å². The molecular weight excluding hydrogens is 299 g/mol. The first-order valence-corrected chi connectivity index (χ1v) is 8.21. The Balaban J connectivity index is 1.76. The quantitative estimate of drug-likeness (QED) is 0.731. The van der Waals surface area contributed by atoms with Crippen LogP contribution in [-0.4, -0.2) is 6.54 Å². The van der Waals surface area contributed by atoms with Gasteiger partial charge >= 0.3 is 0 Å². The van der Waals surface area contributed by atoms with Crippen LogP contribution in [-0.2, 0) is 6.54 Å². The Hall–Kier alpha value is -2.81. The van der Waals surface area contributed by atoms with Gasteiger partial charge in [-0.05, 0) is 23.8 Å². The topological polar surface area (TPSA) is 15.3 Å². The maximum absolute atomic E-state index is 14.2. The van der Waals surface area contributed by atoms with Gasteiger partial charge in [0.05, 0.1) is 17.4 Å². The number of nitrogens with zero attached hydrogens (tertiary/aromatic N) is 1. The lowest BCUT2D eigenvalue weighted by atomic mass is 10.00. The van der Waals surface area contributed by atoms with Gasteiger partial charge in [-0.25, -0.2) is 4.39 Å². The highest BCUT2D eigenvalue weighted by Crippen LogP contribution is 2.38. The van der Waals surface area contributed by atoms with E-state index in [1.54, 1.807) is 6.07 Å². The van der Waals surface area contributed by atoms with Crippen LogP contribution < -0.4 is 10.2 Å². The fourth-order valence-corrected chi connectivity index (χ4v) is 3.34. The van der Waals surface area contributed by atoms with Gasteiger partial charge in [0.2, 0.25) is 0 Å². The van der Waals surface area contributed by atoms with Crippen molar-refractivity contribution in [2.75, 3.05) is 16.8 Å². The number of nitrogens with one attached hydrogen (secondary N) is 1. The van der Waals surface area contributed by atoms with E-state index in [0.29, 0.717) is 6.54 Å². The Labute approximate surface area is 141 Å². The van der Waals surface area contributed by atoms with Gasteiger partial charge in [-0.3, -0.25) is 0 Å². The molecule has 2 nitrogen and oxygen atoms in total. The molecule has 3 aromatic carbocycles. The molecule has 1 unspecified atom stereocenters. The maximum atomic E-state index is 14.2. The number of rotatable bonds is 3. The minimum Gasteiger partial charge on any atom is -0.381 e. The molecule has 4 rings (SSSR count). The number of halogens is 1. The first kappa shape index (κ1) is 14.8. The number of para-hydroxylation sites is 2. The molecule has 0 bridgehead atoms. The number of hydrogen-bond donors (Lipinski definition) is 1. The third kappa shape index (κ3) is 2.73. The Morgan fingerprint density at radius 2 is 1.58 bits per heavy atom. The zero-order chi connectivity index (χ0) is 16.4. The summed E-state index contributed by atoms with van der Waals surface area (Å²) in [5, 5.41) is 3.51. The van der Waals surface area contributed by atoms with Gasteiger partial charge in [-0.2, -0.15) is 0 Å². The molecule has 1 atom stereocenters. The molecule has 0 amide bonds. The number of anilines is 2. The van der Waals surface area contributed by atoms with Gasteiger partial charge in [0.15, 0.2) is 0 Å². The van der Waals surface area contributed by atoms with Crippen molar-refractivity contribution < 1.29 is 4.39 Å². The normalized spacial score (nSPS) is 16.4. The van der Waals surface area contributed by atoms with E-state index in [-0.39, 0.29) is 11.9 Å². The summed E-state index contributed by atoms with van der Waals surface area (Å²) < 4.78 is 14.2. The van der Waals surface area contributed by atoms with E-state index in [4.69, 9.17) is 0 Å². The van der Waals surface area contributed by atoms with Crippen molar-refractivity contribution in [1.29, 1.82) is 0 Å². The molecule has 24 heavy (non-hydrogen) atoms. The van der Waals surface area contributed by atoms with Crippen LogP contribution in [0.3, 0.4) is 0 Å². The lowest BCUT2D eigenvalue weighted by molar-refractivity contribution is 0.580. The van der Waals surface area contributed by atoms with Crippen LogP contribution in [0.15, 0.2) is 78.9 Å². The first-order valence-electron chi connectivity index (χ1n) is 8.21. The Kier molecular flexibility index (Phi) is 3.91. The minimum atomic E-state index is -0.152. The predicted molar refractivity (Wildman–Crippen MR) is 96.7 cm³/mol. The standard InChI is InChI=1S/C21H19FN2/c22-18-11-5-4-10-17(18)15-24-20-13-7-6-12-19(20)23-14-21(24)16-8-2-1-3-9-16/h1-13,21,23H,14-15H2. The fraction of sp³-hybridized carbons (Fsp3) is 0.143. The third-order valence-electron chi connectivity index (χ3n) is 4.56. The van der Waals surface area contributed by atoms with Gasteiger partial charge < -0.3 is 10.2 Å². The van der Waals surface area contributed by atoms with E-state index in [0.717, 1.165) is 23.5 Å². The zero-order valence-electron chi connectivity index (χ0n) is 13.3. The SMILES string of the molecule is Fc1ccccc1CN1c2ccccc2NCC1c1ccccc1. The van der Waals surface area contributed by atoms with E-state index >= 15 is 0 Å². The zero-order valence-corrected chi connectivity index (χ0v) is 13.3. The van der Waals surface area contributed by atoms with E-state index in [2.05, 4.69) is 46.6 Å². The minimum absolute atomic E-state index is 0.152. The molecule has 1 heterocycles. The molecule has 1 aliphatic heterocycles. The average Bonchev–Trinajstić information content (AvgIpc) is 2.64. The highest BCUT2D eigenvalue weighted by atomic mass is 19.1. The summed E-state index contributed by atoms with van der Waals surface area (Å²) in [4.78, 5) is 2.29. The van der Waals surface area contributed by atoms with Crippen molar-refractivity contribution in [3.05, 3.63) is 95.8 Å². The van der Waals surface area contributed by atoms with Crippen molar-refractivity contribution >= 4 is 11.4 Å². The number of hydrogen-bond acceptors (Lipinski definition) is 2. The molecule has 0 aromatic heterocycles. The average molecular weight is 318 g/mol. The van der Waals surface area contributed by atoms with E-state index in [1.807, 2.05) is 30.3 Å². The molecule has 3 aromatic rings. The van der Waals surface area contributed by atoms with Crippen molar-refractivity contribution in [3.8, 4) is 0 Å². The highest BCUT2D eigenvalue weighted by Gasteiger charge is 2.27. The monoisotopic (exact) mass is 318 g/mol. The van der Waals surface area contributed by atoms with E-state index in [9.17, 15) is 4.39 Å². The first-order chi connectivity index (χ1) is 11.8. The summed E-state index contributed by atoms with van der Waals surface area (Å²) in [6.07, 6.45) is 0.